The van der Waals surface area contributed by atoms with Crippen LogP contribution < -0.4 is 10.6 Å². The molecule has 0 aromatic heterocycles. The number of carbonyl (C=O) groups is 2. The van der Waals surface area contributed by atoms with Gasteiger partial charge < -0.3 is 20.3 Å². The van der Waals surface area contributed by atoms with E-state index in [2.05, 4.69) is 17.6 Å². The largest absolute Gasteiger partial charge is 0.450 e. The van der Waals surface area contributed by atoms with Gasteiger partial charge in [0.2, 0.25) is 5.91 Å². The van der Waals surface area contributed by atoms with Gasteiger partial charge >= 0.3 is 6.09 Å². The molecule has 2 rings (SSSR count). The van der Waals surface area contributed by atoms with Gasteiger partial charge in [-0.3, -0.25) is 4.79 Å². The summed E-state index contributed by atoms with van der Waals surface area (Å²) in [4.78, 5) is 26.2. The molecule has 0 aromatic rings. The number of rotatable bonds is 4. The van der Waals surface area contributed by atoms with Crippen LogP contribution in [0, 0.1) is 0 Å². The highest BCUT2D eigenvalue weighted by molar-refractivity contribution is 5.87. The first-order valence-corrected chi connectivity index (χ1v) is 8.09. The van der Waals surface area contributed by atoms with Gasteiger partial charge in [0.1, 0.15) is 0 Å². The first-order chi connectivity index (χ1) is 10.1. The summed E-state index contributed by atoms with van der Waals surface area (Å²) in [5.41, 5.74) is -0.383. The number of likely N-dealkylation sites (tertiary alicyclic amines) is 1. The van der Waals surface area contributed by atoms with Crippen molar-refractivity contribution in [2.24, 2.45) is 0 Å². The van der Waals surface area contributed by atoms with Gasteiger partial charge in [-0.2, -0.15) is 0 Å². The third-order valence-corrected chi connectivity index (χ3v) is 4.56. The van der Waals surface area contributed by atoms with Crippen molar-refractivity contribution in [2.75, 3.05) is 26.2 Å². The van der Waals surface area contributed by atoms with Crippen molar-refractivity contribution in [3.63, 3.8) is 0 Å². The lowest BCUT2D eigenvalue weighted by Gasteiger charge is -2.38. The van der Waals surface area contributed by atoms with Crippen LogP contribution in [0.15, 0.2) is 0 Å². The van der Waals surface area contributed by atoms with Crippen molar-refractivity contribution in [3.8, 4) is 0 Å². The fourth-order valence-corrected chi connectivity index (χ4v) is 3.36. The molecule has 2 saturated heterocycles. The third kappa shape index (κ3) is 3.67. The van der Waals surface area contributed by atoms with Crippen LogP contribution in [0.1, 0.15) is 46.0 Å². The molecular weight excluding hydrogens is 270 g/mol. The number of nitrogens with one attached hydrogen (secondary N) is 2. The standard InChI is InChI=1S/C15H27N3O3/c1-3-15(8-6-9-16-15)13(19)18-10-5-7-12(11-18)17-14(20)21-4-2/h12,16H,3-11H2,1-2H3,(H,17,20). The Morgan fingerprint density at radius 2 is 2.19 bits per heavy atom. The van der Waals surface area contributed by atoms with E-state index in [1.807, 2.05) is 4.90 Å². The van der Waals surface area contributed by atoms with Gasteiger partial charge in [-0.15, -0.1) is 0 Å². The zero-order valence-corrected chi connectivity index (χ0v) is 13.1. The lowest BCUT2D eigenvalue weighted by molar-refractivity contribution is -0.139. The lowest BCUT2D eigenvalue weighted by Crippen LogP contribution is -2.59. The van der Waals surface area contributed by atoms with E-state index in [-0.39, 0.29) is 23.6 Å². The first-order valence-electron chi connectivity index (χ1n) is 8.09. The smallest absolute Gasteiger partial charge is 0.407 e. The highest BCUT2D eigenvalue weighted by Crippen LogP contribution is 2.27. The molecule has 2 unspecified atom stereocenters. The summed E-state index contributed by atoms with van der Waals surface area (Å²) in [6, 6.07) is -0.00272. The molecule has 6 nitrogen and oxygen atoms in total. The van der Waals surface area contributed by atoms with Crippen LogP contribution in [0.3, 0.4) is 0 Å². The van der Waals surface area contributed by atoms with Crippen molar-refractivity contribution in [1.82, 2.24) is 15.5 Å². The number of hydrogen-bond donors (Lipinski definition) is 2. The topological polar surface area (TPSA) is 70.7 Å². The maximum absolute atomic E-state index is 12.8. The van der Waals surface area contributed by atoms with Crippen molar-refractivity contribution >= 4 is 12.0 Å². The Balaban J connectivity index is 1.94. The molecule has 0 spiro atoms. The maximum atomic E-state index is 12.8. The molecule has 120 valence electrons. The van der Waals surface area contributed by atoms with E-state index in [4.69, 9.17) is 4.74 Å². The lowest BCUT2D eigenvalue weighted by atomic mass is 9.91. The summed E-state index contributed by atoms with van der Waals surface area (Å²) in [6.45, 7) is 6.49. The normalized spacial score (nSPS) is 29.2. The molecule has 0 saturated carbocycles. The number of amides is 2. The van der Waals surface area contributed by atoms with Crippen molar-refractivity contribution < 1.29 is 14.3 Å². The molecule has 2 aliphatic heterocycles. The van der Waals surface area contributed by atoms with Gasteiger partial charge in [0, 0.05) is 19.1 Å². The Bertz CT molecular complexity index is 380. The van der Waals surface area contributed by atoms with Crippen molar-refractivity contribution in [3.05, 3.63) is 0 Å². The van der Waals surface area contributed by atoms with Crippen LogP contribution in [0.5, 0.6) is 0 Å². The average molecular weight is 297 g/mol. The molecule has 0 bridgehead atoms. The Labute approximate surface area is 126 Å². The molecular formula is C15H27N3O3. The molecule has 2 amide bonds. The van der Waals surface area contributed by atoms with E-state index in [1.165, 1.54) is 0 Å². The fraction of sp³-hybridized carbons (Fsp3) is 0.867. The average Bonchev–Trinajstić information content (AvgIpc) is 2.97. The second-order valence-electron chi connectivity index (χ2n) is 5.92. The van der Waals surface area contributed by atoms with Crippen LogP contribution in [-0.2, 0) is 9.53 Å². The molecule has 0 radical (unpaired) electrons. The minimum absolute atomic E-state index is 0.00272. The van der Waals surface area contributed by atoms with Gasteiger partial charge in [-0.05, 0) is 45.6 Å². The molecule has 0 aliphatic carbocycles. The van der Waals surface area contributed by atoms with E-state index < -0.39 is 0 Å². The zero-order chi connectivity index (χ0) is 15.3. The summed E-state index contributed by atoms with van der Waals surface area (Å²) in [7, 11) is 0. The van der Waals surface area contributed by atoms with Gasteiger partial charge in [-0.1, -0.05) is 6.92 Å². The number of carbonyl (C=O) groups excluding carboxylic acids is 2. The summed E-state index contributed by atoms with van der Waals surface area (Å²) in [6.07, 6.45) is 4.21. The predicted octanol–water partition coefficient (Wildman–Crippen LogP) is 1.26. The summed E-state index contributed by atoms with van der Waals surface area (Å²) in [5, 5.41) is 6.24. The SMILES string of the molecule is CCOC(=O)NC1CCCN(C(=O)C2(CC)CCCN2)C1. The highest BCUT2D eigenvalue weighted by Gasteiger charge is 2.42. The molecule has 0 aromatic carbocycles. The quantitative estimate of drug-likeness (QED) is 0.819. The van der Waals surface area contributed by atoms with Crippen molar-refractivity contribution in [1.29, 1.82) is 0 Å². The maximum Gasteiger partial charge on any atom is 0.407 e. The predicted molar refractivity (Wildman–Crippen MR) is 80.0 cm³/mol. The van der Waals surface area contributed by atoms with E-state index in [9.17, 15) is 9.59 Å². The number of piperidine rings is 1. The molecule has 2 N–H and O–H groups in total. The van der Waals surface area contributed by atoms with E-state index in [0.29, 0.717) is 13.2 Å². The highest BCUT2D eigenvalue weighted by atomic mass is 16.5. The van der Waals surface area contributed by atoms with Crippen LogP contribution in [-0.4, -0.2) is 54.7 Å². The van der Waals surface area contributed by atoms with Gasteiger partial charge in [-0.25, -0.2) is 4.79 Å². The molecule has 21 heavy (non-hydrogen) atoms. The zero-order valence-electron chi connectivity index (χ0n) is 13.1. The fourth-order valence-electron chi connectivity index (χ4n) is 3.36. The van der Waals surface area contributed by atoms with Crippen LogP contribution in [0.25, 0.3) is 0 Å². The van der Waals surface area contributed by atoms with E-state index in [1.54, 1.807) is 6.92 Å². The molecule has 2 aliphatic rings. The second-order valence-corrected chi connectivity index (χ2v) is 5.92. The van der Waals surface area contributed by atoms with Crippen LogP contribution in [0.4, 0.5) is 4.79 Å². The minimum atomic E-state index is -0.388. The summed E-state index contributed by atoms with van der Waals surface area (Å²) >= 11 is 0. The molecule has 2 heterocycles. The van der Waals surface area contributed by atoms with Crippen LogP contribution >= 0.6 is 0 Å². The van der Waals surface area contributed by atoms with Crippen LogP contribution in [0.2, 0.25) is 0 Å². The van der Waals surface area contributed by atoms with E-state index >= 15 is 0 Å². The Hall–Kier alpha value is -1.30. The number of nitrogens with zero attached hydrogens (tertiary/aromatic N) is 1. The molecule has 2 atom stereocenters. The summed E-state index contributed by atoms with van der Waals surface area (Å²) < 4.78 is 4.92. The van der Waals surface area contributed by atoms with E-state index in [0.717, 1.165) is 45.2 Å². The number of hydrogen-bond acceptors (Lipinski definition) is 4. The van der Waals surface area contributed by atoms with Gasteiger partial charge in [0.15, 0.2) is 0 Å². The number of ether oxygens (including phenoxy) is 1. The van der Waals surface area contributed by atoms with Gasteiger partial charge in [0.25, 0.3) is 0 Å². The number of alkyl carbamates (subject to hydrolysis) is 1. The summed E-state index contributed by atoms with van der Waals surface area (Å²) in [5.74, 6) is 0.192. The first kappa shape index (κ1) is 16.1. The Morgan fingerprint density at radius 1 is 1.38 bits per heavy atom. The van der Waals surface area contributed by atoms with Gasteiger partial charge in [0.05, 0.1) is 12.1 Å². The second kappa shape index (κ2) is 7.11. The van der Waals surface area contributed by atoms with Crippen molar-refractivity contribution in [2.45, 2.75) is 57.5 Å². The Kier molecular flexibility index (Phi) is 5.45. The monoisotopic (exact) mass is 297 g/mol. The molecule has 6 heteroatoms. The third-order valence-electron chi connectivity index (χ3n) is 4.56. The molecule has 2 fully saturated rings. The Morgan fingerprint density at radius 3 is 2.81 bits per heavy atom. The minimum Gasteiger partial charge on any atom is -0.450 e.